The minimum atomic E-state index is 0. The maximum absolute atomic E-state index is 5.34. The van der Waals surface area contributed by atoms with Crippen molar-refractivity contribution < 1.29 is 4.74 Å². The minimum absolute atomic E-state index is 0. The highest BCUT2D eigenvalue weighted by Gasteiger charge is 2.10. The second-order valence-corrected chi connectivity index (χ2v) is 6.44. The maximum atomic E-state index is 5.34. The van der Waals surface area contributed by atoms with Crippen molar-refractivity contribution in [2.24, 2.45) is 4.99 Å². The van der Waals surface area contributed by atoms with E-state index in [1.54, 1.807) is 0 Å². The normalized spacial score (nSPS) is 16.0. The number of aliphatic imine (C=N–C) groups is 1. The number of hydrogen-bond donors (Lipinski definition) is 2. The molecule has 0 fully saturated rings. The molecule has 134 valence electrons. The summed E-state index contributed by atoms with van der Waals surface area (Å²) in [4.78, 5) is 4.70. The molecule has 6 heteroatoms. The van der Waals surface area contributed by atoms with Crippen molar-refractivity contribution in [2.75, 3.05) is 26.3 Å². The van der Waals surface area contributed by atoms with Gasteiger partial charge in [0.15, 0.2) is 5.96 Å². The van der Waals surface area contributed by atoms with Gasteiger partial charge in [-0.3, -0.25) is 4.99 Å². The van der Waals surface area contributed by atoms with Crippen LogP contribution < -0.4 is 10.6 Å². The molecule has 1 aliphatic heterocycles. The van der Waals surface area contributed by atoms with Crippen LogP contribution in [0, 0.1) is 0 Å². The lowest BCUT2D eigenvalue weighted by Gasteiger charge is -2.19. The average Bonchev–Trinajstić information content (AvgIpc) is 2.56. The van der Waals surface area contributed by atoms with Gasteiger partial charge >= 0.3 is 0 Å². The Morgan fingerprint density at radius 2 is 2.17 bits per heavy atom. The zero-order chi connectivity index (χ0) is 16.5. The van der Waals surface area contributed by atoms with Gasteiger partial charge in [-0.05, 0) is 38.3 Å². The standard InChI is InChI=1S/C18H26BrN3O.HI/c1-3-20-18(21-11-8-15-9-12-23-13-10-15)22-14(2)16-6-4-5-7-17(16)19;/h4-7,9,14H,3,8,10-13H2,1-2H3,(H2,20,21,22);1H. The van der Waals surface area contributed by atoms with E-state index < -0.39 is 0 Å². The van der Waals surface area contributed by atoms with Crippen LogP contribution in [0.1, 0.15) is 38.3 Å². The second-order valence-electron chi connectivity index (χ2n) is 5.59. The molecule has 2 rings (SSSR count). The highest BCUT2D eigenvalue weighted by Crippen LogP contribution is 2.22. The highest BCUT2D eigenvalue weighted by molar-refractivity contribution is 14.0. The first-order chi connectivity index (χ1) is 11.2. The van der Waals surface area contributed by atoms with E-state index in [-0.39, 0.29) is 30.0 Å². The second kappa shape index (κ2) is 11.9. The van der Waals surface area contributed by atoms with E-state index in [2.05, 4.69) is 64.7 Å². The average molecular weight is 508 g/mol. The topological polar surface area (TPSA) is 45.7 Å². The van der Waals surface area contributed by atoms with Crippen LogP contribution in [0.2, 0.25) is 0 Å². The van der Waals surface area contributed by atoms with Crippen molar-refractivity contribution in [3.05, 3.63) is 46.0 Å². The third-order valence-corrected chi connectivity index (χ3v) is 4.55. The molecule has 1 atom stereocenters. The first-order valence-electron chi connectivity index (χ1n) is 8.25. The van der Waals surface area contributed by atoms with E-state index in [4.69, 9.17) is 9.73 Å². The van der Waals surface area contributed by atoms with Gasteiger partial charge in [0.25, 0.3) is 0 Å². The predicted octanol–water partition coefficient (Wildman–Crippen LogP) is 4.42. The van der Waals surface area contributed by atoms with Gasteiger partial charge in [0, 0.05) is 17.6 Å². The summed E-state index contributed by atoms with van der Waals surface area (Å²) in [7, 11) is 0. The Morgan fingerprint density at radius 1 is 1.38 bits per heavy atom. The van der Waals surface area contributed by atoms with Gasteiger partial charge in [-0.1, -0.05) is 45.8 Å². The van der Waals surface area contributed by atoms with Crippen molar-refractivity contribution in [3.8, 4) is 0 Å². The van der Waals surface area contributed by atoms with Crippen molar-refractivity contribution >= 4 is 45.9 Å². The van der Waals surface area contributed by atoms with E-state index in [0.29, 0.717) is 0 Å². The molecule has 0 saturated heterocycles. The molecule has 0 radical (unpaired) electrons. The third-order valence-electron chi connectivity index (χ3n) is 3.83. The molecule has 24 heavy (non-hydrogen) atoms. The summed E-state index contributed by atoms with van der Waals surface area (Å²) in [6.45, 7) is 7.47. The zero-order valence-electron chi connectivity index (χ0n) is 14.3. The molecule has 1 aromatic rings. The zero-order valence-corrected chi connectivity index (χ0v) is 18.3. The molecule has 0 bridgehead atoms. The number of rotatable bonds is 6. The number of nitrogens with one attached hydrogen (secondary N) is 2. The first-order valence-corrected chi connectivity index (χ1v) is 9.05. The maximum Gasteiger partial charge on any atom is 0.191 e. The summed E-state index contributed by atoms with van der Waals surface area (Å²) < 4.78 is 6.45. The van der Waals surface area contributed by atoms with Crippen LogP contribution in [0.25, 0.3) is 0 Å². The number of guanidine groups is 1. The SMILES string of the molecule is CCNC(=NCCC1=CCOCC1)NC(C)c1ccccc1Br.I. The summed E-state index contributed by atoms with van der Waals surface area (Å²) in [6.07, 6.45) is 4.22. The van der Waals surface area contributed by atoms with Gasteiger partial charge in [0.1, 0.15) is 0 Å². The van der Waals surface area contributed by atoms with Crippen LogP contribution in [-0.2, 0) is 4.74 Å². The lowest BCUT2D eigenvalue weighted by molar-refractivity contribution is 0.153. The summed E-state index contributed by atoms with van der Waals surface area (Å²) in [5.41, 5.74) is 2.68. The van der Waals surface area contributed by atoms with Gasteiger partial charge < -0.3 is 15.4 Å². The Balaban J connectivity index is 0.00000288. The first kappa shape index (κ1) is 21.4. The van der Waals surface area contributed by atoms with E-state index >= 15 is 0 Å². The minimum Gasteiger partial charge on any atom is -0.377 e. The monoisotopic (exact) mass is 507 g/mol. The van der Waals surface area contributed by atoms with Crippen LogP contribution >= 0.6 is 39.9 Å². The van der Waals surface area contributed by atoms with Crippen LogP contribution in [-0.4, -0.2) is 32.3 Å². The van der Waals surface area contributed by atoms with Crippen LogP contribution in [0.4, 0.5) is 0 Å². The molecule has 0 amide bonds. The Morgan fingerprint density at radius 3 is 2.83 bits per heavy atom. The summed E-state index contributed by atoms with van der Waals surface area (Å²) in [5.74, 6) is 0.864. The van der Waals surface area contributed by atoms with Crippen molar-refractivity contribution in [3.63, 3.8) is 0 Å². The largest absolute Gasteiger partial charge is 0.377 e. The van der Waals surface area contributed by atoms with Gasteiger partial charge in [-0.15, -0.1) is 24.0 Å². The quantitative estimate of drug-likeness (QED) is 0.259. The number of ether oxygens (including phenoxy) is 1. The summed E-state index contributed by atoms with van der Waals surface area (Å²) in [5, 5.41) is 6.80. The fourth-order valence-corrected chi connectivity index (χ4v) is 3.16. The number of benzene rings is 1. The molecule has 1 aliphatic rings. The summed E-state index contributed by atoms with van der Waals surface area (Å²) in [6, 6.07) is 8.46. The van der Waals surface area contributed by atoms with Crippen LogP contribution in [0.3, 0.4) is 0 Å². The van der Waals surface area contributed by atoms with E-state index in [1.165, 1.54) is 11.1 Å². The summed E-state index contributed by atoms with van der Waals surface area (Å²) >= 11 is 3.61. The van der Waals surface area contributed by atoms with E-state index in [9.17, 15) is 0 Å². The molecule has 1 unspecified atom stereocenters. The van der Waals surface area contributed by atoms with Crippen LogP contribution in [0.5, 0.6) is 0 Å². The Labute approximate surface area is 170 Å². The van der Waals surface area contributed by atoms with Crippen molar-refractivity contribution in [1.29, 1.82) is 0 Å². The van der Waals surface area contributed by atoms with E-state index in [1.807, 2.05) is 6.07 Å². The Hall–Kier alpha value is -0.600. The molecular formula is C18H27BrIN3O. The van der Waals surface area contributed by atoms with Gasteiger partial charge in [0.2, 0.25) is 0 Å². The number of nitrogens with zero attached hydrogens (tertiary/aromatic N) is 1. The molecule has 0 spiro atoms. The number of hydrogen-bond acceptors (Lipinski definition) is 2. The molecule has 0 aliphatic carbocycles. The number of halogens is 2. The fraction of sp³-hybridized carbons (Fsp3) is 0.500. The molecule has 1 heterocycles. The molecule has 2 N–H and O–H groups in total. The van der Waals surface area contributed by atoms with Gasteiger partial charge in [-0.2, -0.15) is 0 Å². The highest BCUT2D eigenvalue weighted by atomic mass is 127. The van der Waals surface area contributed by atoms with Crippen LogP contribution in [0.15, 0.2) is 45.4 Å². The van der Waals surface area contributed by atoms with E-state index in [0.717, 1.165) is 49.6 Å². The third kappa shape index (κ3) is 7.11. The molecule has 0 saturated carbocycles. The molecular weight excluding hydrogens is 481 g/mol. The predicted molar refractivity (Wildman–Crippen MR) is 115 cm³/mol. The molecule has 0 aromatic heterocycles. The van der Waals surface area contributed by atoms with Gasteiger partial charge in [0.05, 0.1) is 19.3 Å². The van der Waals surface area contributed by atoms with Crippen molar-refractivity contribution in [1.82, 2.24) is 10.6 Å². The Kier molecular flexibility index (Phi) is 10.6. The Bertz CT molecular complexity index is 563. The van der Waals surface area contributed by atoms with Crippen molar-refractivity contribution in [2.45, 2.75) is 32.7 Å². The molecule has 1 aromatic carbocycles. The lowest BCUT2D eigenvalue weighted by atomic mass is 10.1. The molecule has 4 nitrogen and oxygen atoms in total. The smallest absolute Gasteiger partial charge is 0.191 e. The fourth-order valence-electron chi connectivity index (χ4n) is 2.53. The lowest BCUT2D eigenvalue weighted by Crippen LogP contribution is -2.39. The van der Waals surface area contributed by atoms with Gasteiger partial charge in [-0.25, -0.2) is 0 Å².